The normalized spacial score (nSPS) is 26.7. The smallest absolute Gasteiger partial charge is 0.255 e. The van der Waals surface area contributed by atoms with Gasteiger partial charge in [-0.15, -0.1) is 0 Å². The summed E-state index contributed by atoms with van der Waals surface area (Å²) in [6.07, 6.45) is 1.77. The molecule has 3 aliphatic heterocycles. The number of hydrogen-bond donors (Lipinski definition) is 3. The van der Waals surface area contributed by atoms with Gasteiger partial charge in [0, 0.05) is 51.3 Å². The fraction of sp³-hybridized carbons (Fsp3) is 0.571. The van der Waals surface area contributed by atoms with Crippen LogP contribution in [-0.2, 0) is 27.4 Å². The highest BCUT2D eigenvalue weighted by Gasteiger charge is 2.39. The lowest BCUT2D eigenvalue weighted by Crippen LogP contribution is -2.52. The van der Waals surface area contributed by atoms with Crippen molar-refractivity contribution in [2.75, 3.05) is 26.8 Å². The monoisotopic (exact) mass is 400 g/mol. The van der Waals surface area contributed by atoms with Crippen molar-refractivity contribution in [2.24, 2.45) is 5.92 Å². The summed E-state index contributed by atoms with van der Waals surface area (Å²) in [6.45, 7) is 3.83. The molecule has 3 aliphatic rings. The van der Waals surface area contributed by atoms with E-state index in [0.717, 1.165) is 43.8 Å². The average molecular weight is 400 g/mol. The van der Waals surface area contributed by atoms with E-state index in [0.29, 0.717) is 30.5 Å². The number of fused-ring (bicyclic) bond motifs is 1. The maximum Gasteiger partial charge on any atom is 0.255 e. The van der Waals surface area contributed by atoms with Gasteiger partial charge >= 0.3 is 0 Å². The third kappa shape index (κ3) is 4.34. The van der Waals surface area contributed by atoms with Crippen LogP contribution in [0.4, 0.5) is 0 Å². The molecule has 0 radical (unpaired) electrons. The van der Waals surface area contributed by atoms with E-state index in [4.69, 9.17) is 4.74 Å². The second-order valence-electron chi connectivity index (χ2n) is 8.18. The Morgan fingerprint density at radius 3 is 2.93 bits per heavy atom. The van der Waals surface area contributed by atoms with E-state index in [1.54, 1.807) is 12.0 Å². The topological polar surface area (TPSA) is 99.8 Å². The number of carbonyl (C=O) groups excluding carboxylic acids is 3. The minimum absolute atomic E-state index is 0.131. The number of nitrogens with one attached hydrogen (secondary N) is 3. The van der Waals surface area contributed by atoms with E-state index in [1.165, 1.54) is 0 Å². The van der Waals surface area contributed by atoms with Crippen LogP contribution in [0, 0.1) is 5.92 Å². The van der Waals surface area contributed by atoms with Gasteiger partial charge in [0.15, 0.2) is 0 Å². The molecule has 1 unspecified atom stereocenters. The first-order chi connectivity index (χ1) is 14.0. The van der Waals surface area contributed by atoms with Gasteiger partial charge in [-0.1, -0.05) is 12.1 Å². The SMILES string of the molecule is COC[C@@H]1CN[C@H](CNCc2ccc3c(c2)CN(C2CCC(=O)NC2=O)C3=O)C1. The van der Waals surface area contributed by atoms with Crippen molar-refractivity contribution in [3.63, 3.8) is 0 Å². The molecule has 2 saturated heterocycles. The zero-order chi connectivity index (χ0) is 20.4. The highest BCUT2D eigenvalue weighted by atomic mass is 16.5. The minimum Gasteiger partial charge on any atom is -0.384 e. The molecule has 0 spiro atoms. The summed E-state index contributed by atoms with van der Waals surface area (Å²) in [7, 11) is 1.74. The van der Waals surface area contributed by atoms with Crippen LogP contribution in [0.1, 0.15) is 40.7 Å². The molecule has 1 aromatic carbocycles. The fourth-order valence-electron chi connectivity index (χ4n) is 4.55. The third-order valence-corrected chi connectivity index (χ3v) is 6.02. The van der Waals surface area contributed by atoms with Crippen LogP contribution in [0.5, 0.6) is 0 Å². The number of imide groups is 1. The highest BCUT2D eigenvalue weighted by Crippen LogP contribution is 2.28. The Bertz CT molecular complexity index is 812. The first-order valence-corrected chi connectivity index (χ1v) is 10.2. The summed E-state index contributed by atoms with van der Waals surface area (Å²) in [5, 5.41) is 9.35. The molecule has 3 heterocycles. The number of ether oxygens (including phenoxy) is 1. The Kier molecular flexibility index (Phi) is 5.94. The van der Waals surface area contributed by atoms with Crippen LogP contribution < -0.4 is 16.0 Å². The van der Waals surface area contributed by atoms with Crippen LogP contribution in [-0.4, -0.2) is 61.5 Å². The minimum atomic E-state index is -0.567. The second kappa shape index (κ2) is 8.61. The quantitative estimate of drug-likeness (QED) is 0.564. The van der Waals surface area contributed by atoms with Crippen molar-refractivity contribution in [3.05, 3.63) is 34.9 Å². The van der Waals surface area contributed by atoms with Crippen LogP contribution in [0.25, 0.3) is 0 Å². The molecular formula is C21H28N4O4. The predicted octanol–water partition coefficient (Wildman–Crippen LogP) is 0.162. The van der Waals surface area contributed by atoms with Crippen molar-refractivity contribution in [3.8, 4) is 0 Å². The van der Waals surface area contributed by atoms with E-state index in [1.807, 2.05) is 18.2 Å². The molecular weight excluding hydrogens is 372 g/mol. The molecule has 4 rings (SSSR count). The van der Waals surface area contributed by atoms with Gasteiger partial charge in [-0.3, -0.25) is 19.7 Å². The number of benzene rings is 1. The highest BCUT2D eigenvalue weighted by molar-refractivity contribution is 6.05. The standard InChI is InChI=1S/C21H28N4O4/c1-29-12-14-7-16(23-9-14)10-22-8-13-2-3-17-15(6-13)11-25(21(17)28)18-4-5-19(26)24-20(18)27/h2-3,6,14,16,18,22-23H,4-5,7-12H2,1H3,(H,24,26,27)/t14-,16-,18?/m0/s1. The van der Waals surface area contributed by atoms with Crippen molar-refractivity contribution < 1.29 is 19.1 Å². The van der Waals surface area contributed by atoms with Gasteiger partial charge in [0.25, 0.3) is 5.91 Å². The Hall–Kier alpha value is -2.29. The Balaban J connectivity index is 1.32. The van der Waals surface area contributed by atoms with Crippen molar-refractivity contribution in [1.82, 2.24) is 20.9 Å². The van der Waals surface area contributed by atoms with Gasteiger partial charge in [0.1, 0.15) is 6.04 Å². The van der Waals surface area contributed by atoms with Gasteiger partial charge in [0.05, 0.1) is 6.61 Å². The molecule has 1 aromatic rings. The van der Waals surface area contributed by atoms with Gasteiger partial charge in [-0.2, -0.15) is 0 Å². The van der Waals surface area contributed by atoms with Crippen molar-refractivity contribution in [1.29, 1.82) is 0 Å². The molecule has 0 bridgehead atoms. The predicted molar refractivity (Wildman–Crippen MR) is 106 cm³/mol. The summed E-state index contributed by atoms with van der Waals surface area (Å²) < 4.78 is 5.23. The number of hydrogen-bond acceptors (Lipinski definition) is 6. The molecule has 3 atom stereocenters. The first-order valence-electron chi connectivity index (χ1n) is 10.2. The van der Waals surface area contributed by atoms with Gasteiger partial charge in [0.2, 0.25) is 11.8 Å². The fourth-order valence-corrected chi connectivity index (χ4v) is 4.55. The van der Waals surface area contributed by atoms with E-state index < -0.39 is 6.04 Å². The van der Waals surface area contributed by atoms with E-state index in [2.05, 4.69) is 16.0 Å². The molecule has 29 heavy (non-hydrogen) atoms. The van der Waals surface area contributed by atoms with Crippen LogP contribution in [0.15, 0.2) is 18.2 Å². The average Bonchev–Trinajstić information content (AvgIpc) is 3.27. The van der Waals surface area contributed by atoms with Gasteiger partial charge in [-0.25, -0.2) is 0 Å². The number of methoxy groups -OCH3 is 1. The maximum absolute atomic E-state index is 12.7. The summed E-state index contributed by atoms with van der Waals surface area (Å²) in [5.41, 5.74) is 2.71. The molecule has 2 fully saturated rings. The Morgan fingerprint density at radius 1 is 1.28 bits per heavy atom. The number of carbonyl (C=O) groups is 3. The Morgan fingerprint density at radius 2 is 2.14 bits per heavy atom. The third-order valence-electron chi connectivity index (χ3n) is 6.02. The molecule has 3 N–H and O–H groups in total. The number of rotatable bonds is 7. The zero-order valence-corrected chi connectivity index (χ0v) is 16.7. The van der Waals surface area contributed by atoms with Crippen LogP contribution in [0.2, 0.25) is 0 Å². The summed E-state index contributed by atoms with van der Waals surface area (Å²) in [4.78, 5) is 37.8. The van der Waals surface area contributed by atoms with Crippen LogP contribution in [0.3, 0.4) is 0 Å². The Labute approximate surface area is 170 Å². The van der Waals surface area contributed by atoms with Gasteiger partial charge < -0.3 is 20.3 Å². The second-order valence-corrected chi connectivity index (χ2v) is 8.18. The summed E-state index contributed by atoms with van der Waals surface area (Å²) in [6, 6.07) is 5.75. The van der Waals surface area contributed by atoms with Crippen molar-refractivity contribution >= 4 is 17.7 Å². The molecule has 0 aliphatic carbocycles. The molecule has 8 heteroatoms. The van der Waals surface area contributed by atoms with Gasteiger partial charge in [-0.05, 0) is 36.0 Å². The zero-order valence-electron chi connectivity index (χ0n) is 16.7. The lowest BCUT2D eigenvalue weighted by molar-refractivity contribution is -0.136. The number of amides is 3. The number of piperidine rings is 1. The summed E-state index contributed by atoms with van der Waals surface area (Å²) in [5.74, 6) is -0.196. The largest absolute Gasteiger partial charge is 0.384 e. The van der Waals surface area contributed by atoms with E-state index in [-0.39, 0.29) is 24.1 Å². The molecule has 3 amide bonds. The maximum atomic E-state index is 12.7. The molecule has 0 aromatic heterocycles. The molecule has 8 nitrogen and oxygen atoms in total. The first kappa shape index (κ1) is 20.0. The lowest BCUT2D eigenvalue weighted by atomic mass is 10.0. The van der Waals surface area contributed by atoms with E-state index in [9.17, 15) is 14.4 Å². The summed E-state index contributed by atoms with van der Waals surface area (Å²) >= 11 is 0. The number of nitrogens with zero attached hydrogens (tertiary/aromatic N) is 1. The molecule has 156 valence electrons. The van der Waals surface area contributed by atoms with Crippen LogP contribution >= 0.6 is 0 Å². The molecule has 0 saturated carbocycles. The van der Waals surface area contributed by atoms with E-state index >= 15 is 0 Å². The van der Waals surface area contributed by atoms with Crippen molar-refractivity contribution in [2.45, 2.75) is 44.4 Å². The lowest BCUT2D eigenvalue weighted by Gasteiger charge is -2.29.